The van der Waals surface area contributed by atoms with Gasteiger partial charge in [0.15, 0.2) is 5.82 Å². The normalized spacial score (nSPS) is 16.9. The van der Waals surface area contributed by atoms with Crippen molar-refractivity contribution < 1.29 is 18.0 Å². The van der Waals surface area contributed by atoms with E-state index in [1.54, 1.807) is 0 Å². The van der Waals surface area contributed by atoms with Gasteiger partial charge in [-0.2, -0.15) is 17.9 Å². The zero-order valence-electron chi connectivity index (χ0n) is 18.7. The summed E-state index contributed by atoms with van der Waals surface area (Å²) in [4.78, 5) is 14.4. The van der Waals surface area contributed by atoms with Crippen LogP contribution in [0.2, 0.25) is 0 Å². The molecule has 11 heteroatoms. The highest BCUT2D eigenvalue weighted by Gasteiger charge is 2.30. The van der Waals surface area contributed by atoms with Gasteiger partial charge >= 0.3 is 12.2 Å². The molecular formula is C23H26F3N7O. The molecule has 2 aromatic carbocycles. The summed E-state index contributed by atoms with van der Waals surface area (Å²) in [6.45, 7) is 4.59. The molecule has 1 aliphatic heterocycles. The Morgan fingerprint density at radius 2 is 1.85 bits per heavy atom. The zero-order chi connectivity index (χ0) is 24.1. The van der Waals surface area contributed by atoms with Crippen LogP contribution in [-0.2, 0) is 12.7 Å². The second kappa shape index (κ2) is 10.2. The maximum atomic E-state index is 12.8. The first-order chi connectivity index (χ1) is 16.3. The van der Waals surface area contributed by atoms with E-state index in [1.165, 1.54) is 16.8 Å². The number of hydrogen-bond acceptors (Lipinski definition) is 5. The van der Waals surface area contributed by atoms with E-state index in [-0.39, 0.29) is 11.9 Å². The van der Waals surface area contributed by atoms with E-state index in [9.17, 15) is 18.0 Å². The molecule has 8 nitrogen and oxygen atoms in total. The number of aromatic nitrogens is 4. The molecule has 0 spiro atoms. The molecule has 0 aliphatic carbocycles. The number of nitrogens with one attached hydrogen (secondary N) is 2. The number of piperidine rings is 1. The van der Waals surface area contributed by atoms with Crippen LogP contribution in [0.5, 0.6) is 0 Å². The van der Waals surface area contributed by atoms with Gasteiger partial charge in [0.05, 0.1) is 17.8 Å². The molecule has 1 saturated heterocycles. The van der Waals surface area contributed by atoms with Gasteiger partial charge in [0, 0.05) is 18.8 Å². The summed E-state index contributed by atoms with van der Waals surface area (Å²) < 4.78 is 40.0. The van der Waals surface area contributed by atoms with Gasteiger partial charge in [0.1, 0.15) is 0 Å². The second-order valence-electron chi connectivity index (χ2n) is 8.50. The number of amides is 2. The van der Waals surface area contributed by atoms with Gasteiger partial charge in [-0.25, -0.2) is 4.79 Å². The van der Waals surface area contributed by atoms with Crippen molar-refractivity contribution in [3.8, 4) is 5.69 Å². The largest absolute Gasteiger partial charge is 0.416 e. The Morgan fingerprint density at radius 1 is 1.12 bits per heavy atom. The van der Waals surface area contributed by atoms with Crippen LogP contribution in [0.25, 0.3) is 5.69 Å². The SMILES string of the molecule is Cc1ccc(NC(=O)NC[C@H]2CCCN(Cc3nnnn3-c3ccc(C(F)(F)F)cc3)C2)cc1. The van der Waals surface area contributed by atoms with Crippen molar-refractivity contribution >= 4 is 11.7 Å². The van der Waals surface area contributed by atoms with E-state index in [2.05, 4.69) is 31.1 Å². The first-order valence-corrected chi connectivity index (χ1v) is 11.1. The highest BCUT2D eigenvalue weighted by Crippen LogP contribution is 2.29. The van der Waals surface area contributed by atoms with E-state index in [0.717, 1.165) is 49.3 Å². The van der Waals surface area contributed by atoms with Gasteiger partial charge in [-0.15, -0.1) is 5.10 Å². The fraction of sp³-hybridized carbons (Fsp3) is 0.391. The fourth-order valence-corrected chi connectivity index (χ4v) is 4.01. The van der Waals surface area contributed by atoms with Crippen LogP contribution >= 0.6 is 0 Å². The molecule has 3 aromatic rings. The summed E-state index contributed by atoms with van der Waals surface area (Å²) in [6.07, 6.45) is -2.44. The number of tetrazole rings is 1. The lowest BCUT2D eigenvalue weighted by Crippen LogP contribution is -2.41. The molecule has 2 heterocycles. The quantitative estimate of drug-likeness (QED) is 0.565. The number of halogens is 3. The van der Waals surface area contributed by atoms with E-state index in [1.807, 2.05) is 31.2 Å². The van der Waals surface area contributed by atoms with E-state index in [0.29, 0.717) is 24.6 Å². The smallest absolute Gasteiger partial charge is 0.338 e. The minimum Gasteiger partial charge on any atom is -0.338 e. The number of nitrogens with zero attached hydrogens (tertiary/aromatic N) is 5. The molecule has 2 amide bonds. The number of aryl methyl sites for hydroxylation is 1. The first-order valence-electron chi connectivity index (χ1n) is 11.1. The van der Waals surface area contributed by atoms with Crippen LogP contribution < -0.4 is 10.6 Å². The number of alkyl halides is 3. The van der Waals surface area contributed by atoms with Crippen molar-refractivity contribution in [3.63, 3.8) is 0 Å². The number of rotatable bonds is 6. The van der Waals surface area contributed by atoms with Gasteiger partial charge in [-0.05, 0) is 79.1 Å². The fourth-order valence-electron chi connectivity index (χ4n) is 4.01. The molecule has 0 unspecified atom stereocenters. The molecule has 1 fully saturated rings. The lowest BCUT2D eigenvalue weighted by molar-refractivity contribution is -0.137. The topological polar surface area (TPSA) is 88.0 Å². The molecule has 1 atom stereocenters. The predicted molar refractivity (Wildman–Crippen MR) is 120 cm³/mol. The summed E-state index contributed by atoms with van der Waals surface area (Å²) in [7, 11) is 0. The number of anilines is 1. The lowest BCUT2D eigenvalue weighted by Gasteiger charge is -2.32. The van der Waals surface area contributed by atoms with Crippen molar-refractivity contribution in [2.24, 2.45) is 5.92 Å². The molecule has 0 saturated carbocycles. The summed E-state index contributed by atoms with van der Waals surface area (Å²) in [6, 6.07) is 12.1. The van der Waals surface area contributed by atoms with Crippen LogP contribution in [0.3, 0.4) is 0 Å². The van der Waals surface area contributed by atoms with Crippen LogP contribution in [-0.4, -0.2) is 50.8 Å². The standard InChI is InChI=1S/C23H26F3N7O/c1-16-4-8-19(9-5-16)28-22(34)27-13-17-3-2-12-32(14-17)15-21-29-30-31-33(21)20-10-6-18(7-11-20)23(24,25)26/h4-11,17H,2-3,12-15H2,1H3,(H2,27,28,34)/t17-/m1/s1. The van der Waals surface area contributed by atoms with Crippen LogP contribution in [0, 0.1) is 12.8 Å². The zero-order valence-corrected chi connectivity index (χ0v) is 18.7. The monoisotopic (exact) mass is 473 g/mol. The number of carbonyl (C=O) groups excluding carboxylic acids is 1. The molecular weight excluding hydrogens is 447 g/mol. The van der Waals surface area contributed by atoms with Gasteiger partial charge in [0.25, 0.3) is 0 Å². The maximum Gasteiger partial charge on any atom is 0.416 e. The molecule has 0 bridgehead atoms. The maximum absolute atomic E-state index is 12.8. The summed E-state index contributed by atoms with van der Waals surface area (Å²) in [5.41, 5.74) is 1.61. The Hall–Kier alpha value is -3.47. The number of carbonyl (C=O) groups is 1. The highest BCUT2D eigenvalue weighted by atomic mass is 19.4. The Balaban J connectivity index is 1.31. The van der Waals surface area contributed by atoms with E-state index >= 15 is 0 Å². The molecule has 1 aromatic heterocycles. The Kier molecular flexibility index (Phi) is 7.11. The second-order valence-corrected chi connectivity index (χ2v) is 8.50. The van der Waals surface area contributed by atoms with Crippen LogP contribution in [0.15, 0.2) is 48.5 Å². The number of likely N-dealkylation sites (tertiary alicyclic amines) is 1. The first kappa shape index (κ1) is 23.7. The minimum absolute atomic E-state index is 0.243. The van der Waals surface area contributed by atoms with Crippen molar-refractivity contribution in [3.05, 3.63) is 65.5 Å². The molecule has 4 rings (SSSR count). The molecule has 180 valence electrons. The average Bonchev–Trinajstić information content (AvgIpc) is 3.27. The molecule has 2 N–H and O–H groups in total. The van der Waals surface area contributed by atoms with Gasteiger partial charge < -0.3 is 10.6 Å². The van der Waals surface area contributed by atoms with Crippen LogP contribution in [0.1, 0.15) is 29.8 Å². The third kappa shape index (κ3) is 6.10. The van der Waals surface area contributed by atoms with Crippen LogP contribution in [0.4, 0.5) is 23.7 Å². The van der Waals surface area contributed by atoms with Crippen molar-refractivity contribution in [2.75, 3.05) is 25.0 Å². The summed E-state index contributed by atoms with van der Waals surface area (Å²) in [5.74, 6) is 0.818. The Bertz CT molecular complexity index is 1100. The van der Waals surface area contributed by atoms with Gasteiger partial charge in [-0.1, -0.05) is 17.7 Å². The average molecular weight is 474 g/mol. The summed E-state index contributed by atoms with van der Waals surface area (Å²) in [5, 5.41) is 17.5. The molecule has 1 aliphatic rings. The highest BCUT2D eigenvalue weighted by molar-refractivity contribution is 5.89. The van der Waals surface area contributed by atoms with E-state index in [4.69, 9.17) is 0 Å². The molecule has 0 radical (unpaired) electrons. The molecule has 34 heavy (non-hydrogen) atoms. The van der Waals surface area contributed by atoms with Crippen molar-refractivity contribution in [2.45, 2.75) is 32.5 Å². The van der Waals surface area contributed by atoms with Gasteiger partial charge in [0.2, 0.25) is 0 Å². The number of hydrogen-bond donors (Lipinski definition) is 2. The summed E-state index contributed by atoms with van der Waals surface area (Å²) >= 11 is 0. The lowest BCUT2D eigenvalue weighted by atomic mass is 9.98. The Morgan fingerprint density at radius 3 is 2.56 bits per heavy atom. The van der Waals surface area contributed by atoms with Gasteiger partial charge in [-0.3, -0.25) is 4.90 Å². The van der Waals surface area contributed by atoms with Crippen molar-refractivity contribution in [1.29, 1.82) is 0 Å². The third-order valence-corrected chi connectivity index (χ3v) is 5.80. The van der Waals surface area contributed by atoms with Crippen molar-refractivity contribution in [1.82, 2.24) is 30.4 Å². The third-order valence-electron chi connectivity index (χ3n) is 5.80. The number of urea groups is 1. The van der Waals surface area contributed by atoms with E-state index < -0.39 is 11.7 Å². The predicted octanol–water partition coefficient (Wildman–Crippen LogP) is 4.02. The number of benzene rings is 2. The Labute approximate surface area is 195 Å². The minimum atomic E-state index is -4.39.